The molecule has 1 N–H and O–H groups in total. The molecule has 2 rings (SSSR count). The molecule has 3 nitrogen and oxygen atoms in total. The molecule has 70 valence electrons. The summed E-state index contributed by atoms with van der Waals surface area (Å²) >= 11 is 2.01. The Morgan fingerprint density at radius 2 is 2.54 bits per heavy atom. The van der Waals surface area contributed by atoms with Crippen LogP contribution in [-0.4, -0.2) is 27.7 Å². The minimum Gasteiger partial charge on any atom is -0.365 e. The van der Waals surface area contributed by atoms with Gasteiger partial charge in [0.1, 0.15) is 5.82 Å². The maximum Gasteiger partial charge on any atom is 0.148 e. The van der Waals surface area contributed by atoms with Gasteiger partial charge < -0.3 is 5.32 Å². The van der Waals surface area contributed by atoms with Gasteiger partial charge in [0.25, 0.3) is 0 Å². The first kappa shape index (κ1) is 8.81. The molecule has 1 aromatic rings. The average Bonchev–Trinajstić information content (AvgIpc) is 2.21. The van der Waals surface area contributed by atoms with E-state index in [1.54, 1.807) is 6.20 Å². The van der Waals surface area contributed by atoms with E-state index < -0.39 is 0 Å². The van der Waals surface area contributed by atoms with Crippen molar-refractivity contribution >= 4 is 17.6 Å². The molecule has 1 saturated heterocycles. The van der Waals surface area contributed by atoms with Gasteiger partial charge >= 0.3 is 0 Å². The molecule has 1 aliphatic heterocycles. The number of nitrogens with zero attached hydrogens (tertiary/aromatic N) is 2. The van der Waals surface area contributed by atoms with E-state index in [4.69, 9.17) is 0 Å². The summed E-state index contributed by atoms with van der Waals surface area (Å²) in [6.45, 7) is 0. The molecule has 1 fully saturated rings. The lowest BCUT2D eigenvalue weighted by Gasteiger charge is -2.22. The van der Waals surface area contributed by atoms with Crippen LogP contribution in [0.3, 0.4) is 0 Å². The maximum atomic E-state index is 4.00. The molecule has 0 bridgehead atoms. The average molecular weight is 195 g/mol. The van der Waals surface area contributed by atoms with Gasteiger partial charge in [-0.25, -0.2) is 0 Å². The fourth-order valence-electron chi connectivity index (χ4n) is 1.44. The molecule has 0 saturated carbocycles. The highest BCUT2D eigenvalue weighted by atomic mass is 32.2. The van der Waals surface area contributed by atoms with E-state index in [-0.39, 0.29) is 0 Å². The zero-order valence-electron chi connectivity index (χ0n) is 7.44. The van der Waals surface area contributed by atoms with Gasteiger partial charge in [-0.1, -0.05) is 0 Å². The Morgan fingerprint density at radius 3 is 3.23 bits per heavy atom. The number of anilines is 1. The first-order chi connectivity index (χ1) is 6.45. The highest BCUT2D eigenvalue weighted by Crippen LogP contribution is 2.19. The van der Waals surface area contributed by atoms with Crippen molar-refractivity contribution in [3.8, 4) is 0 Å². The van der Waals surface area contributed by atoms with E-state index in [1.165, 1.54) is 24.3 Å². The van der Waals surface area contributed by atoms with Gasteiger partial charge in [0, 0.05) is 18.0 Å². The van der Waals surface area contributed by atoms with Gasteiger partial charge in [0.15, 0.2) is 0 Å². The molecule has 2 heterocycles. The van der Waals surface area contributed by atoms with Crippen LogP contribution in [0, 0.1) is 0 Å². The molecule has 0 radical (unpaired) electrons. The molecular weight excluding hydrogens is 182 g/mol. The number of hydrogen-bond acceptors (Lipinski definition) is 4. The number of aromatic nitrogens is 2. The lowest BCUT2D eigenvalue weighted by molar-refractivity contribution is 0.680. The third-order valence-corrected chi connectivity index (χ3v) is 3.30. The molecule has 1 aliphatic rings. The lowest BCUT2D eigenvalue weighted by atomic mass is 10.2. The van der Waals surface area contributed by atoms with E-state index in [2.05, 4.69) is 15.5 Å². The first-order valence-corrected chi connectivity index (χ1v) is 5.72. The van der Waals surface area contributed by atoms with Crippen LogP contribution in [0.2, 0.25) is 0 Å². The molecule has 13 heavy (non-hydrogen) atoms. The van der Waals surface area contributed by atoms with E-state index in [0.717, 1.165) is 5.82 Å². The van der Waals surface area contributed by atoms with Gasteiger partial charge in [0.2, 0.25) is 0 Å². The van der Waals surface area contributed by atoms with Gasteiger partial charge in [-0.05, 0) is 30.7 Å². The predicted octanol–water partition coefficient (Wildman–Crippen LogP) is 1.78. The Balaban J connectivity index is 1.90. The summed E-state index contributed by atoms with van der Waals surface area (Å²) in [5, 5.41) is 11.2. The largest absolute Gasteiger partial charge is 0.365 e. The van der Waals surface area contributed by atoms with E-state index in [9.17, 15) is 0 Å². The van der Waals surface area contributed by atoms with Gasteiger partial charge in [-0.3, -0.25) is 0 Å². The molecule has 0 amide bonds. The minimum absolute atomic E-state index is 0.579. The van der Waals surface area contributed by atoms with Crippen LogP contribution in [0.4, 0.5) is 5.82 Å². The maximum absolute atomic E-state index is 4.00. The second-order valence-electron chi connectivity index (χ2n) is 3.17. The standard InChI is InChI=1S/C9H13N3S/c1-4-9(12-10-5-1)11-8-3-2-6-13-7-8/h1,4-5,8H,2-3,6-7H2,(H,11,12). The van der Waals surface area contributed by atoms with Crippen molar-refractivity contribution in [1.82, 2.24) is 10.2 Å². The van der Waals surface area contributed by atoms with Crippen molar-refractivity contribution in [1.29, 1.82) is 0 Å². The lowest BCUT2D eigenvalue weighted by Crippen LogP contribution is -2.26. The summed E-state index contributed by atoms with van der Waals surface area (Å²) in [5.74, 6) is 3.39. The summed E-state index contributed by atoms with van der Waals surface area (Å²) in [6.07, 6.45) is 4.26. The highest BCUT2D eigenvalue weighted by Gasteiger charge is 2.13. The van der Waals surface area contributed by atoms with Crippen LogP contribution in [-0.2, 0) is 0 Å². The fourth-order valence-corrected chi connectivity index (χ4v) is 2.51. The van der Waals surface area contributed by atoms with Crippen molar-refractivity contribution in [2.24, 2.45) is 0 Å². The van der Waals surface area contributed by atoms with Crippen LogP contribution in [0.1, 0.15) is 12.8 Å². The number of nitrogens with one attached hydrogen (secondary N) is 1. The van der Waals surface area contributed by atoms with Crippen LogP contribution in [0.15, 0.2) is 18.3 Å². The molecule has 1 aromatic heterocycles. The Kier molecular flexibility index (Phi) is 3.02. The molecule has 0 aromatic carbocycles. The second kappa shape index (κ2) is 4.46. The predicted molar refractivity (Wildman–Crippen MR) is 56.0 cm³/mol. The van der Waals surface area contributed by atoms with Crippen molar-refractivity contribution in [3.05, 3.63) is 18.3 Å². The number of thioether (sulfide) groups is 1. The third kappa shape index (κ3) is 2.59. The molecular formula is C9H13N3S. The fraction of sp³-hybridized carbons (Fsp3) is 0.556. The Hall–Kier alpha value is -0.770. The van der Waals surface area contributed by atoms with Crippen molar-refractivity contribution in [2.45, 2.75) is 18.9 Å². The first-order valence-electron chi connectivity index (χ1n) is 4.57. The zero-order valence-corrected chi connectivity index (χ0v) is 8.26. The smallest absolute Gasteiger partial charge is 0.148 e. The van der Waals surface area contributed by atoms with Gasteiger partial charge in [0.05, 0.1) is 0 Å². The molecule has 0 spiro atoms. The number of hydrogen-bond donors (Lipinski definition) is 1. The van der Waals surface area contributed by atoms with Crippen molar-refractivity contribution in [3.63, 3.8) is 0 Å². The zero-order chi connectivity index (χ0) is 8.93. The van der Waals surface area contributed by atoms with Crippen LogP contribution in [0.5, 0.6) is 0 Å². The highest BCUT2D eigenvalue weighted by molar-refractivity contribution is 7.99. The van der Waals surface area contributed by atoms with Crippen molar-refractivity contribution in [2.75, 3.05) is 16.8 Å². The normalized spacial score (nSPS) is 22.6. The van der Waals surface area contributed by atoms with Gasteiger partial charge in [-0.2, -0.15) is 16.9 Å². The Bertz CT molecular complexity index is 246. The summed E-state index contributed by atoms with van der Waals surface area (Å²) in [7, 11) is 0. The van der Waals surface area contributed by atoms with Crippen LogP contribution in [0.25, 0.3) is 0 Å². The summed E-state index contributed by atoms with van der Waals surface area (Å²) < 4.78 is 0. The number of rotatable bonds is 2. The molecule has 4 heteroatoms. The molecule has 1 atom stereocenters. The quantitative estimate of drug-likeness (QED) is 0.780. The topological polar surface area (TPSA) is 37.8 Å². The van der Waals surface area contributed by atoms with Crippen LogP contribution >= 0.6 is 11.8 Å². The second-order valence-corrected chi connectivity index (χ2v) is 4.32. The Morgan fingerprint density at radius 1 is 1.54 bits per heavy atom. The van der Waals surface area contributed by atoms with Gasteiger partial charge in [-0.15, -0.1) is 5.10 Å². The van der Waals surface area contributed by atoms with Crippen molar-refractivity contribution < 1.29 is 0 Å². The SMILES string of the molecule is c1cnnc(NC2CCCSC2)c1. The Labute approximate surface area is 82.3 Å². The minimum atomic E-state index is 0.579. The van der Waals surface area contributed by atoms with Crippen LogP contribution < -0.4 is 5.32 Å². The van der Waals surface area contributed by atoms with E-state index >= 15 is 0 Å². The molecule has 1 unspecified atom stereocenters. The summed E-state index contributed by atoms with van der Waals surface area (Å²) in [5.41, 5.74) is 0. The van der Waals surface area contributed by atoms with E-state index in [0.29, 0.717) is 6.04 Å². The van der Waals surface area contributed by atoms with E-state index in [1.807, 2.05) is 23.9 Å². The monoisotopic (exact) mass is 195 g/mol. The molecule has 0 aliphatic carbocycles. The third-order valence-electron chi connectivity index (χ3n) is 2.08. The summed E-state index contributed by atoms with van der Waals surface area (Å²) in [4.78, 5) is 0. The summed E-state index contributed by atoms with van der Waals surface area (Å²) in [6, 6.07) is 4.45.